The lowest BCUT2D eigenvalue weighted by molar-refractivity contribution is 0.255. The van der Waals surface area contributed by atoms with Crippen LogP contribution in [0.2, 0.25) is 5.02 Å². The van der Waals surface area contributed by atoms with Gasteiger partial charge < -0.3 is 5.73 Å². The summed E-state index contributed by atoms with van der Waals surface area (Å²) in [4.78, 5) is 12.2. The minimum Gasteiger partial charge on any atom is -0.351 e. The molecule has 0 saturated carbocycles. The lowest BCUT2D eigenvalue weighted by Crippen LogP contribution is -2.32. The highest BCUT2D eigenvalue weighted by atomic mass is 35.5. The SMILES string of the molecule is C[CH]N(C(N)=O)c1ccc(Cl)cc1. The van der Waals surface area contributed by atoms with Crippen LogP contribution in [0.15, 0.2) is 24.3 Å². The van der Waals surface area contributed by atoms with Crippen LogP contribution in [0.25, 0.3) is 0 Å². The fourth-order valence-electron chi connectivity index (χ4n) is 1.01. The number of benzene rings is 1. The zero-order chi connectivity index (χ0) is 9.84. The predicted octanol–water partition coefficient (Wildman–Crippen LogP) is 2.41. The number of nitrogens with zero attached hydrogens (tertiary/aromatic N) is 1. The van der Waals surface area contributed by atoms with E-state index in [1.807, 2.05) is 0 Å². The second-order valence-electron chi connectivity index (χ2n) is 2.44. The maximum atomic E-state index is 10.9. The van der Waals surface area contributed by atoms with Crippen molar-refractivity contribution in [3.63, 3.8) is 0 Å². The van der Waals surface area contributed by atoms with Crippen LogP contribution in [-0.2, 0) is 0 Å². The van der Waals surface area contributed by atoms with E-state index in [0.717, 1.165) is 0 Å². The van der Waals surface area contributed by atoms with Gasteiger partial charge in [0.2, 0.25) is 0 Å². The molecule has 0 saturated heterocycles. The number of nitrogens with two attached hydrogens (primary N) is 1. The third kappa shape index (κ3) is 2.36. The van der Waals surface area contributed by atoms with Crippen molar-refractivity contribution in [2.45, 2.75) is 6.92 Å². The normalized spacial score (nSPS) is 9.69. The van der Waals surface area contributed by atoms with Crippen LogP contribution in [0.1, 0.15) is 6.92 Å². The quantitative estimate of drug-likeness (QED) is 0.778. The molecule has 1 aromatic rings. The molecule has 1 radical (unpaired) electrons. The average molecular weight is 198 g/mol. The molecular formula is C9H10ClN2O. The zero-order valence-electron chi connectivity index (χ0n) is 7.20. The number of primary amides is 1. The lowest BCUT2D eigenvalue weighted by Gasteiger charge is -2.17. The van der Waals surface area contributed by atoms with E-state index in [-0.39, 0.29) is 0 Å². The number of anilines is 1. The molecule has 0 fully saturated rings. The van der Waals surface area contributed by atoms with Gasteiger partial charge in [0.1, 0.15) is 0 Å². The number of hydrogen-bond acceptors (Lipinski definition) is 1. The van der Waals surface area contributed by atoms with E-state index in [2.05, 4.69) is 0 Å². The number of amides is 2. The van der Waals surface area contributed by atoms with Gasteiger partial charge in [0.15, 0.2) is 0 Å². The number of carbonyl (C=O) groups is 1. The molecule has 1 rings (SSSR count). The summed E-state index contributed by atoms with van der Waals surface area (Å²) in [6.45, 7) is 3.34. The highest BCUT2D eigenvalue weighted by molar-refractivity contribution is 6.30. The Morgan fingerprint density at radius 1 is 1.46 bits per heavy atom. The molecule has 0 atom stereocenters. The Kier molecular flexibility index (Phi) is 3.14. The van der Waals surface area contributed by atoms with Crippen LogP contribution < -0.4 is 10.6 Å². The molecule has 69 valence electrons. The second-order valence-corrected chi connectivity index (χ2v) is 2.88. The first-order valence-electron chi connectivity index (χ1n) is 3.79. The van der Waals surface area contributed by atoms with E-state index in [1.54, 1.807) is 37.7 Å². The van der Waals surface area contributed by atoms with Gasteiger partial charge in [-0.1, -0.05) is 11.6 Å². The standard InChI is InChI=1S/C9H10ClN2O/c1-2-12(9(11)13)8-5-3-7(10)4-6-8/h2-6H,1H3,(H2,11,13). The third-order valence-electron chi connectivity index (χ3n) is 1.60. The molecule has 13 heavy (non-hydrogen) atoms. The summed E-state index contributed by atoms with van der Waals surface area (Å²) >= 11 is 5.69. The van der Waals surface area contributed by atoms with Crippen molar-refractivity contribution < 1.29 is 4.79 Å². The van der Waals surface area contributed by atoms with Gasteiger partial charge in [-0.15, -0.1) is 0 Å². The molecule has 2 N–H and O–H groups in total. The predicted molar refractivity (Wildman–Crippen MR) is 53.5 cm³/mol. The van der Waals surface area contributed by atoms with E-state index < -0.39 is 6.03 Å². The Morgan fingerprint density at radius 2 is 2.00 bits per heavy atom. The fraction of sp³-hybridized carbons (Fsp3) is 0.111. The zero-order valence-corrected chi connectivity index (χ0v) is 7.95. The Hall–Kier alpha value is -1.22. The van der Waals surface area contributed by atoms with Gasteiger partial charge in [0.25, 0.3) is 0 Å². The molecule has 0 aliphatic heterocycles. The van der Waals surface area contributed by atoms with E-state index in [4.69, 9.17) is 17.3 Å². The van der Waals surface area contributed by atoms with Crippen molar-refractivity contribution in [3.8, 4) is 0 Å². The average Bonchev–Trinajstić information content (AvgIpc) is 2.09. The molecule has 0 aliphatic carbocycles. The van der Waals surface area contributed by atoms with Crippen LogP contribution >= 0.6 is 11.6 Å². The maximum absolute atomic E-state index is 10.9. The Balaban J connectivity index is 2.92. The summed E-state index contributed by atoms with van der Waals surface area (Å²) in [6.07, 6.45) is 0. The lowest BCUT2D eigenvalue weighted by atomic mass is 10.3. The molecule has 0 spiro atoms. The van der Waals surface area contributed by atoms with E-state index in [9.17, 15) is 4.79 Å². The summed E-state index contributed by atoms with van der Waals surface area (Å²) in [6, 6.07) is 6.36. The van der Waals surface area contributed by atoms with Gasteiger partial charge in [0, 0.05) is 10.7 Å². The van der Waals surface area contributed by atoms with E-state index in [1.165, 1.54) is 4.90 Å². The molecular weight excluding hydrogens is 188 g/mol. The van der Waals surface area contributed by atoms with Crippen molar-refractivity contribution in [1.29, 1.82) is 0 Å². The molecule has 0 unspecified atom stereocenters. The van der Waals surface area contributed by atoms with Crippen molar-refractivity contribution in [3.05, 3.63) is 35.8 Å². The van der Waals surface area contributed by atoms with Crippen molar-refractivity contribution >= 4 is 23.3 Å². The first-order valence-corrected chi connectivity index (χ1v) is 4.16. The summed E-state index contributed by atoms with van der Waals surface area (Å²) < 4.78 is 0. The summed E-state index contributed by atoms with van der Waals surface area (Å²) in [5.74, 6) is 0. The van der Waals surface area contributed by atoms with E-state index >= 15 is 0 Å². The summed E-state index contributed by atoms with van der Waals surface area (Å²) in [5, 5.41) is 0.629. The number of urea groups is 1. The molecule has 4 heteroatoms. The van der Waals surface area contributed by atoms with Crippen molar-refractivity contribution in [1.82, 2.24) is 0 Å². The highest BCUT2D eigenvalue weighted by Crippen LogP contribution is 2.18. The van der Waals surface area contributed by atoms with Gasteiger partial charge in [-0.25, -0.2) is 4.79 Å². The van der Waals surface area contributed by atoms with Crippen LogP contribution in [0.4, 0.5) is 10.5 Å². The third-order valence-corrected chi connectivity index (χ3v) is 1.85. The minimum absolute atomic E-state index is 0.509. The van der Waals surface area contributed by atoms with Crippen LogP contribution in [0.5, 0.6) is 0 Å². The van der Waals surface area contributed by atoms with Gasteiger partial charge >= 0.3 is 6.03 Å². The number of hydrogen-bond donors (Lipinski definition) is 1. The molecule has 0 bridgehead atoms. The second kappa shape index (κ2) is 4.14. The first kappa shape index (κ1) is 9.86. The van der Waals surface area contributed by atoms with Gasteiger partial charge in [-0.05, 0) is 31.2 Å². The van der Waals surface area contributed by atoms with Gasteiger partial charge in [-0.3, -0.25) is 4.90 Å². The molecule has 2 amide bonds. The maximum Gasteiger partial charge on any atom is 0.319 e. The first-order chi connectivity index (χ1) is 6.15. The molecule has 0 heterocycles. The van der Waals surface area contributed by atoms with Gasteiger partial charge in [0.05, 0.1) is 6.54 Å². The van der Waals surface area contributed by atoms with Crippen molar-refractivity contribution in [2.75, 3.05) is 4.90 Å². The largest absolute Gasteiger partial charge is 0.351 e. The highest BCUT2D eigenvalue weighted by Gasteiger charge is 2.08. The van der Waals surface area contributed by atoms with Crippen LogP contribution in [0, 0.1) is 6.54 Å². The number of halogens is 1. The molecule has 1 aromatic carbocycles. The Bertz CT molecular complexity index is 297. The monoisotopic (exact) mass is 197 g/mol. The molecule has 0 aliphatic rings. The number of rotatable bonds is 2. The summed E-state index contributed by atoms with van der Waals surface area (Å²) in [7, 11) is 0. The van der Waals surface area contributed by atoms with Crippen LogP contribution in [-0.4, -0.2) is 6.03 Å². The molecule has 3 nitrogen and oxygen atoms in total. The van der Waals surface area contributed by atoms with Crippen molar-refractivity contribution in [2.24, 2.45) is 5.73 Å². The molecule has 0 aromatic heterocycles. The Morgan fingerprint density at radius 3 is 2.38 bits per heavy atom. The summed E-state index contributed by atoms with van der Waals surface area (Å²) in [5.41, 5.74) is 5.85. The fourth-order valence-corrected chi connectivity index (χ4v) is 1.13. The minimum atomic E-state index is -0.509. The van der Waals surface area contributed by atoms with Gasteiger partial charge in [-0.2, -0.15) is 0 Å². The van der Waals surface area contributed by atoms with E-state index in [0.29, 0.717) is 10.7 Å². The smallest absolute Gasteiger partial charge is 0.319 e. The number of carbonyl (C=O) groups excluding carboxylic acids is 1. The topological polar surface area (TPSA) is 46.3 Å². The van der Waals surface area contributed by atoms with Crippen LogP contribution in [0.3, 0.4) is 0 Å². The Labute approximate surface area is 82.1 Å².